The molecule has 2 aromatic rings. The summed E-state index contributed by atoms with van der Waals surface area (Å²) in [6, 6.07) is 17.0. The zero-order valence-electron chi connectivity index (χ0n) is 9.12. The Morgan fingerprint density at radius 2 is 1.65 bits per heavy atom. The standard InChI is InChI=1S/C14H11FN2/c15-14-16-13-9-5-4-6-11(13)10-17(14)12-7-2-1-3-8-12/h1-10,14H. The number of hydrogen-bond acceptors (Lipinski definition) is 2. The Balaban J connectivity index is 2.14. The highest BCUT2D eigenvalue weighted by atomic mass is 19.1. The summed E-state index contributed by atoms with van der Waals surface area (Å²) in [5.41, 5.74) is 0.804. The highest BCUT2D eigenvalue weighted by molar-refractivity contribution is 5.59. The fourth-order valence-corrected chi connectivity index (χ4v) is 1.90. The maximum Gasteiger partial charge on any atom is 0.271 e. The Labute approximate surface area is 98.3 Å². The summed E-state index contributed by atoms with van der Waals surface area (Å²) >= 11 is 0. The first kappa shape index (κ1) is 10.0. The van der Waals surface area contributed by atoms with Crippen LogP contribution in [0, 0.1) is 0 Å². The lowest BCUT2D eigenvalue weighted by Gasteiger charge is -2.24. The lowest BCUT2D eigenvalue weighted by molar-refractivity contribution is 0.346. The molecule has 3 rings (SSSR count). The first-order valence-corrected chi connectivity index (χ1v) is 5.47. The van der Waals surface area contributed by atoms with Crippen LogP contribution in [0.4, 0.5) is 10.1 Å². The number of para-hydroxylation sites is 2. The van der Waals surface area contributed by atoms with Crippen molar-refractivity contribution in [3.05, 3.63) is 65.2 Å². The summed E-state index contributed by atoms with van der Waals surface area (Å²) in [6.07, 6.45) is 0.440. The van der Waals surface area contributed by atoms with Gasteiger partial charge in [-0.1, -0.05) is 36.4 Å². The summed E-state index contributed by atoms with van der Waals surface area (Å²) in [7, 11) is 0. The molecule has 0 spiro atoms. The van der Waals surface area contributed by atoms with Crippen molar-refractivity contribution in [1.29, 1.82) is 0 Å². The summed E-state index contributed by atoms with van der Waals surface area (Å²) < 4.78 is 13.9. The van der Waals surface area contributed by atoms with E-state index >= 15 is 0 Å². The van der Waals surface area contributed by atoms with Gasteiger partial charge in [0, 0.05) is 17.1 Å². The second-order valence-corrected chi connectivity index (χ2v) is 3.87. The summed E-state index contributed by atoms with van der Waals surface area (Å²) in [6.45, 7) is 0. The van der Waals surface area contributed by atoms with E-state index in [2.05, 4.69) is 4.99 Å². The van der Waals surface area contributed by atoms with Crippen LogP contribution >= 0.6 is 0 Å². The van der Waals surface area contributed by atoms with Crippen molar-refractivity contribution in [3.8, 4) is 0 Å². The molecule has 1 atom stereocenters. The van der Waals surface area contributed by atoms with E-state index in [9.17, 15) is 4.39 Å². The van der Waals surface area contributed by atoms with Gasteiger partial charge in [0.1, 0.15) is 0 Å². The molecule has 2 nitrogen and oxygen atoms in total. The second-order valence-electron chi connectivity index (χ2n) is 3.87. The topological polar surface area (TPSA) is 15.6 Å². The fourth-order valence-electron chi connectivity index (χ4n) is 1.90. The zero-order valence-corrected chi connectivity index (χ0v) is 9.12. The molecular formula is C14H11FN2. The van der Waals surface area contributed by atoms with Crippen molar-refractivity contribution in [3.63, 3.8) is 0 Å². The normalized spacial score (nSPS) is 17.9. The molecule has 0 radical (unpaired) electrons. The van der Waals surface area contributed by atoms with E-state index in [-0.39, 0.29) is 0 Å². The van der Waals surface area contributed by atoms with Crippen molar-refractivity contribution in [2.75, 3.05) is 4.90 Å². The van der Waals surface area contributed by atoms with Crippen LogP contribution in [0.5, 0.6) is 0 Å². The number of nitrogens with zero attached hydrogens (tertiary/aromatic N) is 2. The van der Waals surface area contributed by atoms with E-state index in [1.54, 1.807) is 6.20 Å². The quantitative estimate of drug-likeness (QED) is 0.677. The number of anilines is 1. The predicted octanol–water partition coefficient (Wildman–Crippen LogP) is 1.82. The molecule has 0 bridgehead atoms. The highest BCUT2D eigenvalue weighted by Gasteiger charge is 2.16. The fraction of sp³-hybridized carbons (Fsp3) is 0.0714. The molecule has 0 amide bonds. The molecule has 1 unspecified atom stereocenters. The third-order valence-corrected chi connectivity index (χ3v) is 2.74. The molecule has 0 aliphatic carbocycles. The molecule has 17 heavy (non-hydrogen) atoms. The Bertz CT molecular complexity index is 637. The Hall–Kier alpha value is -2.16. The van der Waals surface area contributed by atoms with Gasteiger partial charge in [0.15, 0.2) is 0 Å². The van der Waals surface area contributed by atoms with Crippen LogP contribution in [0.3, 0.4) is 0 Å². The average molecular weight is 226 g/mol. The van der Waals surface area contributed by atoms with Crippen LogP contribution in [-0.4, -0.2) is 6.42 Å². The molecule has 0 fully saturated rings. The smallest absolute Gasteiger partial charge is 0.271 e. The largest absolute Gasteiger partial charge is 0.299 e. The summed E-state index contributed by atoms with van der Waals surface area (Å²) in [5, 5.41) is 1.64. The molecule has 3 heteroatoms. The van der Waals surface area contributed by atoms with Gasteiger partial charge in [-0.25, -0.2) is 4.99 Å². The lowest BCUT2D eigenvalue weighted by Crippen LogP contribution is -2.39. The number of fused-ring (bicyclic) bond motifs is 1. The van der Waals surface area contributed by atoms with Gasteiger partial charge in [-0.05, 0) is 18.2 Å². The predicted molar refractivity (Wildman–Crippen MR) is 65.5 cm³/mol. The van der Waals surface area contributed by atoms with Crippen LogP contribution in [0.25, 0.3) is 6.20 Å². The molecular weight excluding hydrogens is 215 g/mol. The SMILES string of the molecule is FC1N=c2ccccc2=CN1c1ccccc1. The van der Waals surface area contributed by atoms with Crippen molar-refractivity contribution < 1.29 is 4.39 Å². The molecule has 1 aliphatic heterocycles. The van der Waals surface area contributed by atoms with Crippen LogP contribution in [-0.2, 0) is 0 Å². The van der Waals surface area contributed by atoms with Crippen LogP contribution in [0.1, 0.15) is 0 Å². The van der Waals surface area contributed by atoms with Gasteiger partial charge in [-0.3, -0.25) is 4.90 Å². The van der Waals surface area contributed by atoms with Crippen molar-refractivity contribution >= 4 is 11.9 Å². The molecule has 0 saturated heterocycles. The molecule has 1 aliphatic rings. The lowest BCUT2D eigenvalue weighted by atomic mass is 10.2. The first-order valence-electron chi connectivity index (χ1n) is 5.47. The van der Waals surface area contributed by atoms with E-state index in [0.29, 0.717) is 5.36 Å². The van der Waals surface area contributed by atoms with Crippen molar-refractivity contribution in [2.24, 2.45) is 4.99 Å². The Morgan fingerprint density at radius 3 is 2.47 bits per heavy atom. The molecule has 2 aromatic carbocycles. The van der Waals surface area contributed by atoms with Crippen LogP contribution in [0.15, 0.2) is 59.6 Å². The highest BCUT2D eigenvalue weighted by Crippen LogP contribution is 2.18. The number of benzene rings is 2. The number of alkyl halides is 1. The zero-order chi connectivity index (χ0) is 11.7. The van der Waals surface area contributed by atoms with Gasteiger partial charge in [0.25, 0.3) is 6.42 Å². The van der Waals surface area contributed by atoms with E-state index in [0.717, 1.165) is 10.9 Å². The third kappa shape index (κ3) is 1.80. The minimum atomic E-state index is -1.35. The van der Waals surface area contributed by atoms with Crippen molar-refractivity contribution in [1.82, 2.24) is 0 Å². The Kier molecular flexibility index (Phi) is 2.37. The number of hydrogen-bond donors (Lipinski definition) is 0. The van der Waals surface area contributed by atoms with E-state index in [4.69, 9.17) is 0 Å². The first-order chi connectivity index (χ1) is 8.34. The molecule has 0 saturated carbocycles. The summed E-state index contributed by atoms with van der Waals surface area (Å²) in [4.78, 5) is 5.56. The maximum absolute atomic E-state index is 13.9. The molecule has 0 aromatic heterocycles. The van der Waals surface area contributed by atoms with Gasteiger partial charge in [0.05, 0.1) is 5.36 Å². The second kappa shape index (κ2) is 4.01. The van der Waals surface area contributed by atoms with Gasteiger partial charge in [-0.2, -0.15) is 4.39 Å². The van der Waals surface area contributed by atoms with Crippen LogP contribution < -0.4 is 15.5 Å². The average Bonchev–Trinajstić information content (AvgIpc) is 2.39. The number of halogens is 1. The van der Waals surface area contributed by atoms with Crippen LogP contribution in [0.2, 0.25) is 0 Å². The number of rotatable bonds is 1. The van der Waals surface area contributed by atoms with Gasteiger partial charge >= 0.3 is 0 Å². The van der Waals surface area contributed by atoms with Gasteiger partial charge < -0.3 is 0 Å². The van der Waals surface area contributed by atoms with E-state index in [1.807, 2.05) is 54.6 Å². The minimum absolute atomic E-state index is 0.701. The van der Waals surface area contributed by atoms with E-state index in [1.165, 1.54) is 4.90 Å². The van der Waals surface area contributed by atoms with E-state index < -0.39 is 6.42 Å². The third-order valence-electron chi connectivity index (χ3n) is 2.74. The minimum Gasteiger partial charge on any atom is -0.299 e. The van der Waals surface area contributed by atoms with Crippen molar-refractivity contribution in [2.45, 2.75) is 6.42 Å². The monoisotopic (exact) mass is 226 g/mol. The molecule has 1 heterocycles. The molecule has 0 N–H and O–H groups in total. The Morgan fingerprint density at radius 1 is 0.941 bits per heavy atom. The summed E-state index contributed by atoms with van der Waals surface area (Å²) in [5.74, 6) is 0. The van der Waals surface area contributed by atoms with Gasteiger partial charge in [-0.15, -0.1) is 0 Å². The maximum atomic E-state index is 13.9. The molecule has 84 valence electrons. The van der Waals surface area contributed by atoms with Gasteiger partial charge in [0.2, 0.25) is 0 Å².